The highest BCUT2D eigenvalue weighted by molar-refractivity contribution is 6.33. The molecular weight excluding hydrogens is 212 g/mol. The average Bonchev–Trinajstić information content (AvgIpc) is 2.20. The smallest absolute Gasteiger partial charge is 0.161 e. The molecule has 2 nitrogen and oxygen atoms in total. The molecule has 1 N–H and O–H groups in total. The number of hydrogen-bond donors (Lipinski definition) is 1. The van der Waals surface area contributed by atoms with E-state index < -0.39 is 0 Å². The van der Waals surface area contributed by atoms with E-state index in [1.807, 2.05) is 18.2 Å². The molecule has 0 aliphatic carbocycles. The van der Waals surface area contributed by atoms with Crippen LogP contribution in [0.3, 0.4) is 0 Å². The number of hydrogen-bond acceptors (Lipinski definition) is 2. The van der Waals surface area contributed by atoms with Gasteiger partial charge >= 0.3 is 0 Å². The van der Waals surface area contributed by atoms with Crippen molar-refractivity contribution in [2.45, 2.75) is 13.3 Å². The highest BCUT2D eigenvalue weighted by Gasteiger charge is 2.04. The minimum atomic E-state index is -0.0441. The van der Waals surface area contributed by atoms with Crippen molar-refractivity contribution in [2.75, 3.05) is 6.61 Å². The van der Waals surface area contributed by atoms with E-state index in [-0.39, 0.29) is 12.4 Å². The maximum Gasteiger partial charge on any atom is 0.161 e. The van der Waals surface area contributed by atoms with Crippen LogP contribution in [0.5, 0.6) is 0 Å². The van der Waals surface area contributed by atoms with E-state index in [1.54, 1.807) is 12.1 Å². The Morgan fingerprint density at radius 2 is 2.27 bits per heavy atom. The van der Waals surface area contributed by atoms with E-state index >= 15 is 0 Å². The summed E-state index contributed by atoms with van der Waals surface area (Å²) in [7, 11) is 0. The van der Waals surface area contributed by atoms with E-state index in [0.29, 0.717) is 17.0 Å². The van der Waals surface area contributed by atoms with Crippen molar-refractivity contribution in [1.29, 1.82) is 0 Å². The summed E-state index contributed by atoms with van der Waals surface area (Å²) in [4.78, 5) is 11.2. The van der Waals surface area contributed by atoms with Crippen molar-refractivity contribution in [3.05, 3.63) is 40.4 Å². The van der Waals surface area contributed by atoms with Crippen LogP contribution in [-0.4, -0.2) is 17.5 Å². The van der Waals surface area contributed by atoms with Gasteiger partial charge in [0.1, 0.15) is 0 Å². The Morgan fingerprint density at radius 3 is 2.87 bits per heavy atom. The summed E-state index contributed by atoms with van der Waals surface area (Å²) in [6, 6.07) is 5.29. The quantitative estimate of drug-likeness (QED) is 0.799. The lowest BCUT2D eigenvalue weighted by molar-refractivity contribution is 0.101. The first kappa shape index (κ1) is 12.0. The second kappa shape index (κ2) is 5.69. The van der Waals surface area contributed by atoms with Gasteiger partial charge < -0.3 is 5.11 Å². The number of Topliss-reactive ketones (excluding diaryl/α,β-unsaturated/α-hetero) is 1. The van der Waals surface area contributed by atoms with Crippen molar-refractivity contribution < 1.29 is 9.90 Å². The maximum absolute atomic E-state index is 11.2. The maximum atomic E-state index is 11.2. The molecule has 1 aromatic carbocycles. The highest BCUT2D eigenvalue weighted by atomic mass is 35.5. The van der Waals surface area contributed by atoms with Crippen LogP contribution in [-0.2, 0) is 0 Å². The van der Waals surface area contributed by atoms with Gasteiger partial charge in [0.05, 0.1) is 5.02 Å². The largest absolute Gasteiger partial charge is 0.396 e. The van der Waals surface area contributed by atoms with Crippen LogP contribution < -0.4 is 0 Å². The Labute approximate surface area is 94.2 Å². The van der Waals surface area contributed by atoms with Gasteiger partial charge in [0, 0.05) is 12.2 Å². The number of rotatable bonds is 4. The summed E-state index contributed by atoms with van der Waals surface area (Å²) in [5.74, 6) is -0.0441. The Kier molecular flexibility index (Phi) is 4.53. The molecule has 0 atom stereocenters. The lowest BCUT2D eigenvalue weighted by Crippen LogP contribution is -1.93. The number of carbonyl (C=O) groups is 1. The molecule has 0 radical (unpaired) electrons. The van der Waals surface area contributed by atoms with Gasteiger partial charge in [0.15, 0.2) is 5.78 Å². The molecule has 0 aliphatic rings. The van der Waals surface area contributed by atoms with Crippen molar-refractivity contribution in [3.8, 4) is 0 Å². The molecule has 0 bridgehead atoms. The minimum Gasteiger partial charge on any atom is -0.396 e. The molecule has 0 amide bonds. The number of ketones is 1. The average molecular weight is 225 g/mol. The SMILES string of the molecule is CC(=O)c1cc(C=CCCO)ccc1Cl. The van der Waals surface area contributed by atoms with Crippen LogP contribution in [0.1, 0.15) is 29.3 Å². The predicted molar refractivity (Wildman–Crippen MR) is 62.2 cm³/mol. The van der Waals surface area contributed by atoms with Crippen LogP contribution in [0.25, 0.3) is 6.08 Å². The number of halogens is 1. The molecule has 0 saturated carbocycles. The molecule has 1 aromatic rings. The normalized spacial score (nSPS) is 10.9. The van der Waals surface area contributed by atoms with Crippen LogP contribution in [0.15, 0.2) is 24.3 Å². The summed E-state index contributed by atoms with van der Waals surface area (Å²) in [5, 5.41) is 9.08. The summed E-state index contributed by atoms with van der Waals surface area (Å²) in [6.45, 7) is 1.62. The van der Waals surface area contributed by atoms with Crippen LogP contribution >= 0.6 is 11.6 Å². The monoisotopic (exact) mass is 224 g/mol. The third-order valence-corrected chi connectivity index (χ3v) is 2.31. The number of benzene rings is 1. The fourth-order valence-electron chi connectivity index (χ4n) is 1.21. The van der Waals surface area contributed by atoms with Crippen molar-refractivity contribution >= 4 is 23.5 Å². The molecule has 3 heteroatoms. The lowest BCUT2D eigenvalue weighted by Gasteiger charge is -2.01. The second-order valence-corrected chi connectivity index (χ2v) is 3.62. The van der Waals surface area contributed by atoms with Gasteiger partial charge in [-0.25, -0.2) is 0 Å². The zero-order valence-corrected chi connectivity index (χ0v) is 9.29. The van der Waals surface area contributed by atoms with Gasteiger partial charge in [-0.1, -0.05) is 29.8 Å². The first-order valence-electron chi connectivity index (χ1n) is 4.73. The zero-order valence-electron chi connectivity index (χ0n) is 8.53. The minimum absolute atomic E-state index is 0.0441. The Hall–Kier alpha value is -1.12. The lowest BCUT2D eigenvalue weighted by atomic mass is 10.1. The summed E-state index contributed by atoms with van der Waals surface area (Å²) >= 11 is 5.87. The van der Waals surface area contributed by atoms with Crippen LogP contribution in [0, 0.1) is 0 Å². The van der Waals surface area contributed by atoms with Crippen molar-refractivity contribution in [1.82, 2.24) is 0 Å². The van der Waals surface area contributed by atoms with Gasteiger partial charge in [0.2, 0.25) is 0 Å². The van der Waals surface area contributed by atoms with Gasteiger partial charge in [-0.15, -0.1) is 0 Å². The van der Waals surface area contributed by atoms with Crippen molar-refractivity contribution in [2.24, 2.45) is 0 Å². The second-order valence-electron chi connectivity index (χ2n) is 3.21. The Balaban J connectivity index is 2.92. The topological polar surface area (TPSA) is 37.3 Å². The van der Waals surface area contributed by atoms with Gasteiger partial charge in [-0.3, -0.25) is 4.79 Å². The molecule has 80 valence electrons. The summed E-state index contributed by atoms with van der Waals surface area (Å²) in [5.41, 5.74) is 1.45. The van der Waals surface area contributed by atoms with E-state index in [2.05, 4.69) is 0 Å². The number of carbonyl (C=O) groups excluding carboxylic acids is 1. The van der Waals surface area contributed by atoms with E-state index in [9.17, 15) is 4.79 Å². The fourth-order valence-corrected chi connectivity index (χ4v) is 1.46. The molecule has 0 aliphatic heterocycles. The van der Waals surface area contributed by atoms with Crippen LogP contribution in [0.4, 0.5) is 0 Å². The van der Waals surface area contributed by atoms with E-state index in [4.69, 9.17) is 16.7 Å². The summed E-state index contributed by atoms with van der Waals surface area (Å²) in [6.07, 6.45) is 4.32. The first-order chi connectivity index (χ1) is 7.15. The molecule has 15 heavy (non-hydrogen) atoms. The third-order valence-electron chi connectivity index (χ3n) is 1.98. The van der Waals surface area contributed by atoms with Crippen LogP contribution in [0.2, 0.25) is 5.02 Å². The predicted octanol–water partition coefficient (Wildman–Crippen LogP) is 2.94. The Morgan fingerprint density at radius 1 is 1.53 bits per heavy atom. The van der Waals surface area contributed by atoms with Crippen molar-refractivity contribution in [3.63, 3.8) is 0 Å². The zero-order chi connectivity index (χ0) is 11.3. The molecule has 1 rings (SSSR count). The molecule has 0 spiro atoms. The summed E-state index contributed by atoms with van der Waals surface area (Å²) < 4.78 is 0. The van der Waals surface area contributed by atoms with E-state index in [1.165, 1.54) is 6.92 Å². The molecule has 0 heterocycles. The molecule has 0 aromatic heterocycles. The highest BCUT2D eigenvalue weighted by Crippen LogP contribution is 2.19. The van der Waals surface area contributed by atoms with E-state index in [0.717, 1.165) is 5.56 Å². The first-order valence-corrected chi connectivity index (χ1v) is 5.11. The van der Waals surface area contributed by atoms with Gasteiger partial charge in [-0.2, -0.15) is 0 Å². The fraction of sp³-hybridized carbons (Fsp3) is 0.250. The van der Waals surface area contributed by atoms with Gasteiger partial charge in [0.25, 0.3) is 0 Å². The standard InChI is InChI=1S/C12H13ClO2/c1-9(15)11-8-10(4-2-3-7-14)5-6-12(11)13/h2,4-6,8,14H,3,7H2,1H3. The third kappa shape index (κ3) is 3.50. The molecule has 0 saturated heterocycles. The van der Waals surface area contributed by atoms with Gasteiger partial charge in [-0.05, 0) is 31.0 Å². The Bertz CT molecular complexity index is 383. The molecular formula is C12H13ClO2. The number of aliphatic hydroxyl groups is 1. The molecule has 0 fully saturated rings. The molecule has 0 unspecified atom stereocenters. The number of aliphatic hydroxyl groups excluding tert-OH is 1.